The monoisotopic (exact) mass is 534 g/mol. The van der Waals surface area contributed by atoms with Crippen molar-refractivity contribution in [3.8, 4) is 0 Å². The zero-order chi connectivity index (χ0) is 24.6. The van der Waals surface area contributed by atoms with Gasteiger partial charge in [0.25, 0.3) is 10.0 Å². The molecule has 4 rings (SSSR count). The zero-order valence-corrected chi connectivity index (χ0v) is 19.9. The summed E-state index contributed by atoms with van der Waals surface area (Å²) in [5.74, 6) is -4.61. The average Bonchev–Trinajstić information content (AvgIpc) is 3.42. The summed E-state index contributed by atoms with van der Waals surface area (Å²) in [6.45, 7) is 1.60. The molecular weight excluding hydrogens is 517 g/mol. The number of ether oxygens (including phenoxy) is 1. The van der Waals surface area contributed by atoms with Gasteiger partial charge in [0.1, 0.15) is 11.9 Å². The number of esters is 1. The fourth-order valence-electron chi connectivity index (χ4n) is 3.88. The number of alkyl halides is 2. The van der Waals surface area contributed by atoms with E-state index in [1.54, 1.807) is 23.4 Å². The Hall–Kier alpha value is -2.48. The smallest absolute Gasteiger partial charge is 0.350 e. The van der Waals surface area contributed by atoms with E-state index in [1.807, 2.05) is 4.72 Å². The van der Waals surface area contributed by atoms with Crippen molar-refractivity contribution in [2.75, 3.05) is 13.2 Å². The van der Waals surface area contributed by atoms with Gasteiger partial charge < -0.3 is 9.64 Å². The Morgan fingerprint density at radius 2 is 2.18 bits per heavy atom. The Balaban J connectivity index is 1.87. The lowest BCUT2D eigenvalue weighted by atomic mass is 9.94. The largest absolute Gasteiger partial charge is 0.463 e. The van der Waals surface area contributed by atoms with E-state index in [-0.39, 0.29) is 30.2 Å². The fourth-order valence-corrected chi connectivity index (χ4v) is 5.51. The van der Waals surface area contributed by atoms with E-state index in [2.05, 4.69) is 9.98 Å². The number of carbonyl (C=O) groups excluding carboxylic acids is 1. The van der Waals surface area contributed by atoms with Crippen molar-refractivity contribution >= 4 is 44.8 Å². The number of aliphatic imine (C=N–C) groups is 1. The number of hydrogen-bond donors (Lipinski definition) is 1. The van der Waals surface area contributed by atoms with Crippen molar-refractivity contribution in [1.29, 1.82) is 0 Å². The minimum Gasteiger partial charge on any atom is -0.463 e. The molecule has 0 spiro atoms. The summed E-state index contributed by atoms with van der Waals surface area (Å²) in [6.07, 6.45) is 1.46. The topological polar surface area (TPSA) is 101 Å². The highest BCUT2D eigenvalue weighted by Gasteiger charge is 2.44. The quantitative estimate of drug-likeness (QED) is 0.546. The third-order valence-electron chi connectivity index (χ3n) is 5.20. The molecule has 8 nitrogen and oxygen atoms in total. The van der Waals surface area contributed by atoms with Gasteiger partial charge in [-0.15, -0.1) is 11.3 Å². The summed E-state index contributed by atoms with van der Waals surface area (Å²) in [5, 5.41) is 2.19. The molecule has 0 radical (unpaired) electrons. The predicted octanol–water partition coefficient (Wildman–Crippen LogP) is 3.47. The second-order valence-electron chi connectivity index (χ2n) is 7.37. The highest BCUT2D eigenvalue weighted by molar-refractivity contribution is 7.89. The second kappa shape index (κ2) is 9.64. The van der Waals surface area contributed by atoms with E-state index in [0.717, 1.165) is 6.07 Å². The minimum absolute atomic E-state index is 0.0241. The summed E-state index contributed by atoms with van der Waals surface area (Å²) >= 11 is 7.54. The Kier molecular flexibility index (Phi) is 6.99. The number of fused-ring (bicyclic) bond motifs is 1. The molecule has 34 heavy (non-hydrogen) atoms. The maximum atomic E-state index is 13.7. The zero-order valence-electron chi connectivity index (χ0n) is 17.5. The van der Waals surface area contributed by atoms with Crippen LogP contribution in [0.1, 0.15) is 30.0 Å². The molecule has 1 unspecified atom stereocenters. The van der Waals surface area contributed by atoms with E-state index in [4.69, 9.17) is 16.3 Å². The van der Waals surface area contributed by atoms with Gasteiger partial charge >= 0.3 is 11.7 Å². The first kappa shape index (κ1) is 24.6. The SMILES string of the molecule is CCOC(=O)C1=C2CC(NS(=O)(=O)C(F)F)CN2C(c2nccs2)=N[C@H]1c1ccc(F)cc1Cl. The normalized spacial score (nSPS) is 20.5. The van der Waals surface area contributed by atoms with Gasteiger partial charge in [-0.2, -0.15) is 8.78 Å². The maximum absolute atomic E-state index is 13.7. The van der Waals surface area contributed by atoms with Gasteiger partial charge in [0.15, 0.2) is 10.8 Å². The fraction of sp³-hybridized carbons (Fsp3) is 0.350. The Bertz CT molecular complexity index is 1270. The van der Waals surface area contributed by atoms with E-state index in [1.165, 1.54) is 23.5 Å². The van der Waals surface area contributed by atoms with Crippen molar-refractivity contribution < 1.29 is 31.1 Å². The first-order valence-corrected chi connectivity index (χ1v) is 12.8. The number of halogens is 4. The minimum atomic E-state index is -4.89. The van der Waals surface area contributed by atoms with E-state index in [9.17, 15) is 26.4 Å². The van der Waals surface area contributed by atoms with Gasteiger partial charge in [0.05, 0.1) is 12.2 Å². The van der Waals surface area contributed by atoms with E-state index in [0.29, 0.717) is 22.1 Å². The third kappa shape index (κ3) is 4.69. The first-order valence-electron chi connectivity index (χ1n) is 10.0. The number of sulfonamides is 1. The number of carbonyl (C=O) groups is 1. The van der Waals surface area contributed by atoms with Gasteiger partial charge in [-0.05, 0) is 19.1 Å². The molecule has 182 valence electrons. The van der Waals surface area contributed by atoms with Gasteiger partial charge in [-0.3, -0.25) is 4.99 Å². The summed E-state index contributed by atoms with van der Waals surface area (Å²) < 4.78 is 70.5. The first-order chi connectivity index (χ1) is 16.1. The highest BCUT2D eigenvalue weighted by atomic mass is 35.5. The van der Waals surface area contributed by atoms with Crippen LogP contribution >= 0.6 is 22.9 Å². The molecule has 1 fully saturated rings. The maximum Gasteiger partial charge on any atom is 0.350 e. The molecule has 1 N–H and O–H groups in total. The third-order valence-corrected chi connectivity index (χ3v) is 7.43. The number of aromatic nitrogens is 1. The van der Waals surface area contributed by atoms with Crippen molar-refractivity contribution in [1.82, 2.24) is 14.6 Å². The molecule has 0 bridgehead atoms. The summed E-state index contributed by atoms with van der Waals surface area (Å²) in [5.41, 5.74) is 0.726. The van der Waals surface area contributed by atoms with Crippen molar-refractivity contribution in [2.45, 2.75) is 31.2 Å². The number of rotatable bonds is 7. The van der Waals surface area contributed by atoms with Crippen LogP contribution in [-0.2, 0) is 19.6 Å². The van der Waals surface area contributed by atoms with Crippen LogP contribution in [0.15, 0.2) is 46.0 Å². The molecule has 2 aliphatic rings. The molecule has 0 saturated carbocycles. The predicted molar refractivity (Wildman–Crippen MR) is 120 cm³/mol. The van der Waals surface area contributed by atoms with Crippen LogP contribution in [0, 0.1) is 5.82 Å². The summed E-state index contributed by atoms with van der Waals surface area (Å²) in [6, 6.07) is 1.68. The van der Waals surface area contributed by atoms with Crippen LogP contribution in [0.4, 0.5) is 13.2 Å². The van der Waals surface area contributed by atoms with Gasteiger partial charge in [0.2, 0.25) is 0 Å². The number of nitrogens with zero attached hydrogens (tertiary/aromatic N) is 3. The highest BCUT2D eigenvalue weighted by Crippen LogP contribution is 2.42. The molecule has 0 aliphatic carbocycles. The Labute approximate surface area is 202 Å². The van der Waals surface area contributed by atoms with Gasteiger partial charge in [-0.1, -0.05) is 17.7 Å². The molecule has 2 atom stereocenters. The molecule has 0 amide bonds. The lowest BCUT2D eigenvalue weighted by molar-refractivity contribution is -0.139. The number of hydrogen-bond acceptors (Lipinski definition) is 8. The number of nitrogens with one attached hydrogen (secondary N) is 1. The van der Waals surface area contributed by atoms with Gasteiger partial charge in [-0.25, -0.2) is 27.3 Å². The van der Waals surface area contributed by atoms with Crippen LogP contribution in [0.25, 0.3) is 0 Å². The number of benzene rings is 1. The molecule has 2 aromatic rings. The van der Waals surface area contributed by atoms with E-state index >= 15 is 0 Å². The molecule has 2 aliphatic heterocycles. The van der Waals surface area contributed by atoms with E-state index < -0.39 is 39.7 Å². The second-order valence-corrected chi connectivity index (χ2v) is 10.4. The standard InChI is InChI=1S/C20H18ClF3N4O4S2/c1-2-32-19(29)15-14-8-11(27-34(30,31)20(23)24)9-28(14)17(18-25-5-6-33-18)26-16(15)12-4-3-10(22)7-13(12)21/h3-7,11,16,20,27H,2,8-9H2,1H3/t11?,16-/m0/s1. The Morgan fingerprint density at radius 3 is 2.79 bits per heavy atom. The van der Waals surface area contributed by atoms with Crippen LogP contribution in [0.3, 0.4) is 0 Å². The summed E-state index contributed by atoms with van der Waals surface area (Å²) in [4.78, 5) is 23.5. The number of thiazole rings is 1. The van der Waals surface area contributed by atoms with Gasteiger partial charge in [0, 0.05) is 46.9 Å². The molecular formula is C20H18ClF3N4O4S2. The van der Waals surface area contributed by atoms with Crippen molar-refractivity contribution in [3.05, 3.63) is 62.5 Å². The molecule has 3 heterocycles. The molecule has 14 heteroatoms. The number of amidine groups is 1. The lowest BCUT2D eigenvalue weighted by Crippen LogP contribution is -2.41. The van der Waals surface area contributed by atoms with Crippen LogP contribution in [-0.4, -0.2) is 55.1 Å². The van der Waals surface area contributed by atoms with Crippen molar-refractivity contribution in [2.24, 2.45) is 4.99 Å². The molecule has 1 saturated heterocycles. The van der Waals surface area contributed by atoms with Crippen LogP contribution in [0.2, 0.25) is 5.02 Å². The average molecular weight is 535 g/mol. The van der Waals surface area contributed by atoms with Crippen LogP contribution < -0.4 is 4.72 Å². The Morgan fingerprint density at radius 1 is 1.41 bits per heavy atom. The summed E-state index contributed by atoms with van der Waals surface area (Å²) in [7, 11) is -4.89. The lowest BCUT2D eigenvalue weighted by Gasteiger charge is -2.31. The van der Waals surface area contributed by atoms with Crippen molar-refractivity contribution in [3.63, 3.8) is 0 Å². The molecule has 1 aromatic heterocycles. The van der Waals surface area contributed by atoms with Crippen LogP contribution in [0.5, 0.6) is 0 Å². The molecule has 1 aromatic carbocycles.